The summed E-state index contributed by atoms with van der Waals surface area (Å²) in [5.74, 6) is -0.257. The molecule has 0 bridgehead atoms. The first-order valence-corrected chi connectivity index (χ1v) is 11.8. The molecule has 3 rings (SSSR count). The Morgan fingerprint density at radius 2 is 1.41 bits per heavy atom. The van der Waals surface area contributed by atoms with Gasteiger partial charge in [-0.05, 0) is 49.1 Å². The number of benzene rings is 3. The van der Waals surface area contributed by atoms with Crippen LogP contribution in [0.15, 0.2) is 101 Å². The van der Waals surface area contributed by atoms with Crippen LogP contribution in [0, 0.1) is 0 Å². The Morgan fingerprint density at radius 3 is 1.91 bits per heavy atom. The lowest BCUT2D eigenvalue weighted by molar-refractivity contribution is -0.138. The molecule has 0 aliphatic heterocycles. The van der Waals surface area contributed by atoms with E-state index in [9.17, 15) is 4.79 Å². The zero-order valence-corrected chi connectivity index (χ0v) is 20.3. The SMILES string of the molecule is CCOC(=O)/C(C)=C\[C@H](Cc1ccc(Br)cc1)N(Cc1ccccc1)Cc1ccccc1. The highest BCUT2D eigenvalue weighted by Crippen LogP contribution is 2.20. The van der Waals surface area contributed by atoms with Gasteiger partial charge in [-0.3, -0.25) is 4.90 Å². The van der Waals surface area contributed by atoms with E-state index in [-0.39, 0.29) is 12.0 Å². The lowest BCUT2D eigenvalue weighted by atomic mass is 10.0. The minimum Gasteiger partial charge on any atom is -0.463 e. The molecule has 3 aromatic carbocycles. The normalized spacial score (nSPS) is 12.6. The Kier molecular flexibility index (Phi) is 9.27. The molecular weight excluding hydrogens is 462 g/mol. The van der Waals surface area contributed by atoms with Crippen molar-refractivity contribution in [1.82, 2.24) is 4.90 Å². The Bertz CT molecular complexity index is 959. The predicted molar refractivity (Wildman–Crippen MR) is 134 cm³/mol. The molecule has 0 fully saturated rings. The van der Waals surface area contributed by atoms with E-state index in [0.717, 1.165) is 24.0 Å². The average molecular weight is 492 g/mol. The maximum absolute atomic E-state index is 12.4. The molecule has 0 N–H and O–H groups in total. The molecule has 1 atom stereocenters. The van der Waals surface area contributed by atoms with E-state index in [4.69, 9.17) is 4.74 Å². The molecule has 0 radical (unpaired) electrons. The van der Waals surface area contributed by atoms with E-state index < -0.39 is 0 Å². The van der Waals surface area contributed by atoms with Crippen LogP contribution in [0.25, 0.3) is 0 Å². The Morgan fingerprint density at radius 1 is 0.875 bits per heavy atom. The summed E-state index contributed by atoms with van der Waals surface area (Å²) in [7, 11) is 0. The highest BCUT2D eigenvalue weighted by Gasteiger charge is 2.20. The fourth-order valence-corrected chi connectivity index (χ4v) is 3.95. The van der Waals surface area contributed by atoms with Crippen molar-refractivity contribution in [2.75, 3.05) is 6.61 Å². The van der Waals surface area contributed by atoms with Gasteiger partial charge in [0.1, 0.15) is 0 Å². The van der Waals surface area contributed by atoms with Crippen molar-refractivity contribution in [2.24, 2.45) is 0 Å². The second kappa shape index (κ2) is 12.4. The molecular formula is C28H30BrNO2. The maximum Gasteiger partial charge on any atom is 0.333 e. The van der Waals surface area contributed by atoms with Crippen LogP contribution < -0.4 is 0 Å². The lowest BCUT2D eigenvalue weighted by Gasteiger charge is -2.31. The molecule has 0 heterocycles. The second-order valence-corrected chi connectivity index (χ2v) is 8.76. The van der Waals surface area contributed by atoms with Crippen molar-refractivity contribution in [2.45, 2.75) is 39.4 Å². The van der Waals surface area contributed by atoms with Crippen LogP contribution in [0.5, 0.6) is 0 Å². The fourth-order valence-electron chi connectivity index (χ4n) is 3.68. The van der Waals surface area contributed by atoms with Crippen molar-refractivity contribution in [3.63, 3.8) is 0 Å². The number of halogens is 1. The zero-order chi connectivity index (χ0) is 22.8. The number of hydrogen-bond acceptors (Lipinski definition) is 3. The number of esters is 1. The lowest BCUT2D eigenvalue weighted by Crippen LogP contribution is -2.35. The standard InChI is InChI=1S/C28H30BrNO2/c1-3-32-28(31)22(2)18-27(19-23-14-16-26(29)17-15-23)30(20-24-10-6-4-7-11-24)21-25-12-8-5-9-13-25/h4-18,27H,3,19-21H2,1-2H3/b22-18-/t27-/m1/s1. The second-order valence-electron chi connectivity index (χ2n) is 7.84. The summed E-state index contributed by atoms with van der Waals surface area (Å²) >= 11 is 3.52. The van der Waals surface area contributed by atoms with Crippen LogP contribution >= 0.6 is 15.9 Å². The maximum atomic E-state index is 12.4. The predicted octanol–water partition coefficient (Wildman–Crippen LogP) is 6.57. The topological polar surface area (TPSA) is 29.5 Å². The average Bonchev–Trinajstić information content (AvgIpc) is 2.81. The first kappa shape index (κ1) is 24.0. The molecule has 32 heavy (non-hydrogen) atoms. The summed E-state index contributed by atoms with van der Waals surface area (Å²) in [4.78, 5) is 14.8. The van der Waals surface area contributed by atoms with Crippen LogP contribution in [0.4, 0.5) is 0 Å². The third-order valence-electron chi connectivity index (χ3n) is 5.32. The minimum absolute atomic E-state index is 0.0287. The van der Waals surface area contributed by atoms with Crippen LogP contribution in [0.2, 0.25) is 0 Å². The summed E-state index contributed by atoms with van der Waals surface area (Å²) in [6, 6.07) is 29.4. The van der Waals surface area contributed by atoms with Gasteiger partial charge in [-0.25, -0.2) is 4.79 Å². The third kappa shape index (κ3) is 7.47. The summed E-state index contributed by atoms with van der Waals surface area (Å²) < 4.78 is 6.31. The summed E-state index contributed by atoms with van der Waals surface area (Å²) in [5.41, 5.74) is 4.34. The molecule has 0 unspecified atom stereocenters. The molecule has 0 saturated heterocycles. The summed E-state index contributed by atoms with van der Waals surface area (Å²) in [6.45, 7) is 5.61. The van der Waals surface area contributed by atoms with Gasteiger partial charge in [0.05, 0.1) is 6.61 Å². The van der Waals surface area contributed by atoms with Gasteiger partial charge in [-0.1, -0.05) is 94.8 Å². The zero-order valence-electron chi connectivity index (χ0n) is 18.7. The summed E-state index contributed by atoms with van der Waals surface area (Å²) in [6.07, 6.45) is 2.86. The van der Waals surface area contributed by atoms with Gasteiger partial charge in [0.2, 0.25) is 0 Å². The van der Waals surface area contributed by atoms with E-state index >= 15 is 0 Å². The molecule has 166 valence electrons. The van der Waals surface area contributed by atoms with Gasteiger partial charge < -0.3 is 4.74 Å². The largest absolute Gasteiger partial charge is 0.463 e. The fraction of sp³-hybridized carbons (Fsp3) is 0.250. The van der Waals surface area contributed by atoms with E-state index in [2.05, 4.69) is 99.7 Å². The monoisotopic (exact) mass is 491 g/mol. The van der Waals surface area contributed by atoms with Gasteiger partial charge in [0.15, 0.2) is 0 Å². The molecule has 3 aromatic rings. The van der Waals surface area contributed by atoms with E-state index in [1.807, 2.05) is 26.0 Å². The number of carbonyl (C=O) groups excluding carboxylic acids is 1. The van der Waals surface area contributed by atoms with Crippen molar-refractivity contribution < 1.29 is 9.53 Å². The molecule has 4 heteroatoms. The smallest absolute Gasteiger partial charge is 0.333 e. The van der Waals surface area contributed by atoms with Crippen molar-refractivity contribution in [3.8, 4) is 0 Å². The highest BCUT2D eigenvalue weighted by atomic mass is 79.9. The Hall–Kier alpha value is -2.69. The van der Waals surface area contributed by atoms with E-state index in [1.165, 1.54) is 16.7 Å². The molecule has 0 aliphatic carbocycles. The minimum atomic E-state index is -0.257. The molecule has 3 nitrogen and oxygen atoms in total. The van der Waals surface area contributed by atoms with Crippen molar-refractivity contribution >= 4 is 21.9 Å². The Labute approximate surface area is 199 Å². The van der Waals surface area contributed by atoms with Gasteiger partial charge >= 0.3 is 5.97 Å². The van der Waals surface area contributed by atoms with Crippen LogP contribution in [-0.4, -0.2) is 23.5 Å². The number of carbonyl (C=O) groups is 1. The molecule has 0 aromatic heterocycles. The van der Waals surface area contributed by atoms with Gasteiger partial charge in [0, 0.05) is 29.2 Å². The van der Waals surface area contributed by atoms with E-state index in [1.54, 1.807) is 0 Å². The third-order valence-corrected chi connectivity index (χ3v) is 5.85. The Balaban J connectivity index is 1.96. The number of ether oxygens (including phenoxy) is 1. The number of rotatable bonds is 10. The van der Waals surface area contributed by atoms with Crippen molar-refractivity contribution in [3.05, 3.63) is 118 Å². The first-order valence-electron chi connectivity index (χ1n) is 11.0. The van der Waals surface area contributed by atoms with Crippen molar-refractivity contribution in [1.29, 1.82) is 0 Å². The van der Waals surface area contributed by atoms with E-state index in [0.29, 0.717) is 12.2 Å². The molecule has 0 spiro atoms. The quantitative estimate of drug-likeness (QED) is 0.237. The van der Waals surface area contributed by atoms with Crippen LogP contribution in [-0.2, 0) is 29.0 Å². The van der Waals surface area contributed by atoms with Gasteiger partial charge in [0.25, 0.3) is 0 Å². The molecule has 0 aliphatic rings. The first-order chi connectivity index (χ1) is 15.5. The van der Waals surface area contributed by atoms with Gasteiger partial charge in [-0.15, -0.1) is 0 Å². The number of nitrogens with zero attached hydrogens (tertiary/aromatic N) is 1. The highest BCUT2D eigenvalue weighted by molar-refractivity contribution is 9.10. The molecule has 0 saturated carbocycles. The van der Waals surface area contributed by atoms with Crippen LogP contribution in [0.1, 0.15) is 30.5 Å². The van der Waals surface area contributed by atoms with Crippen LogP contribution in [0.3, 0.4) is 0 Å². The number of hydrogen-bond donors (Lipinski definition) is 0. The molecule has 0 amide bonds. The summed E-state index contributed by atoms with van der Waals surface area (Å²) in [5, 5.41) is 0. The van der Waals surface area contributed by atoms with Gasteiger partial charge in [-0.2, -0.15) is 0 Å².